The second-order valence-corrected chi connectivity index (χ2v) is 4.99. The van der Waals surface area contributed by atoms with Gasteiger partial charge in [0.25, 0.3) is 0 Å². The maximum atomic E-state index is 13.5. The van der Waals surface area contributed by atoms with E-state index < -0.39 is 0 Å². The Morgan fingerprint density at radius 3 is 3.00 bits per heavy atom. The molecule has 0 spiro atoms. The molecule has 0 unspecified atom stereocenters. The highest BCUT2D eigenvalue weighted by molar-refractivity contribution is 6.35. The summed E-state index contributed by atoms with van der Waals surface area (Å²) in [6.45, 7) is 2.84. The van der Waals surface area contributed by atoms with Gasteiger partial charge in [0.2, 0.25) is 0 Å². The number of aromatic nitrogens is 1. The van der Waals surface area contributed by atoms with E-state index in [1.165, 1.54) is 17.7 Å². The Kier molecular flexibility index (Phi) is 2.86. The van der Waals surface area contributed by atoms with E-state index in [4.69, 9.17) is 11.6 Å². The zero-order valence-corrected chi connectivity index (χ0v) is 10.9. The lowest BCUT2D eigenvalue weighted by Gasteiger charge is -2.14. The molecular formula is C14H14ClFN2. The zero-order valence-electron chi connectivity index (χ0n) is 10.2. The molecule has 1 aromatic carbocycles. The first-order valence-electron chi connectivity index (χ1n) is 6.25. The summed E-state index contributed by atoms with van der Waals surface area (Å²) in [5.41, 5.74) is 4.05. The summed E-state index contributed by atoms with van der Waals surface area (Å²) in [5, 5.41) is 4.52. The van der Waals surface area contributed by atoms with E-state index in [0.717, 1.165) is 42.6 Å². The summed E-state index contributed by atoms with van der Waals surface area (Å²) < 4.78 is 13.5. The topological polar surface area (TPSA) is 24.9 Å². The molecule has 0 aliphatic heterocycles. The van der Waals surface area contributed by atoms with Gasteiger partial charge in [0.1, 0.15) is 5.82 Å². The fourth-order valence-electron chi connectivity index (χ4n) is 2.67. The second kappa shape index (κ2) is 4.39. The quantitative estimate of drug-likeness (QED) is 0.888. The van der Waals surface area contributed by atoms with Crippen LogP contribution < -0.4 is 5.32 Å². The van der Waals surface area contributed by atoms with Crippen LogP contribution in [0.1, 0.15) is 24.6 Å². The van der Waals surface area contributed by atoms with Crippen LogP contribution in [0.2, 0.25) is 5.02 Å². The molecular weight excluding hydrogens is 251 g/mol. The van der Waals surface area contributed by atoms with Crippen molar-refractivity contribution in [2.45, 2.75) is 26.2 Å². The number of nitrogens with one attached hydrogen (secondary N) is 1. The average molecular weight is 265 g/mol. The SMILES string of the molecule is CCNc1c2c(nc3c(Cl)cc(F)cc13)CCC2. The number of hydrogen-bond acceptors (Lipinski definition) is 2. The van der Waals surface area contributed by atoms with Crippen LogP contribution in [0.3, 0.4) is 0 Å². The first-order valence-corrected chi connectivity index (χ1v) is 6.63. The third-order valence-corrected chi connectivity index (χ3v) is 3.68. The van der Waals surface area contributed by atoms with Crippen LogP contribution in [0.4, 0.5) is 10.1 Å². The first-order chi connectivity index (χ1) is 8.70. The molecule has 4 heteroatoms. The number of benzene rings is 1. The molecule has 0 fully saturated rings. The molecule has 0 saturated carbocycles. The molecule has 2 nitrogen and oxygen atoms in total. The van der Waals surface area contributed by atoms with Crippen molar-refractivity contribution >= 4 is 28.2 Å². The highest BCUT2D eigenvalue weighted by Crippen LogP contribution is 2.36. The second-order valence-electron chi connectivity index (χ2n) is 4.58. The summed E-state index contributed by atoms with van der Waals surface area (Å²) in [5.74, 6) is -0.314. The van der Waals surface area contributed by atoms with Gasteiger partial charge in [-0.2, -0.15) is 0 Å². The van der Waals surface area contributed by atoms with Gasteiger partial charge in [-0.1, -0.05) is 11.6 Å². The van der Waals surface area contributed by atoms with Crippen molar-refractivity contribution in [3.63, 3.8) is 0 Å². The van der Waals surface area contributed by atoms with E-state index in [1.807, 2.05) is 6.92 Å². The van der Waals surface area contributed by atoms with Crippen molar-refractivity contribution < 1.29 is 4.39 Å². The molecule has 0 saturated heterocycles. The highest BCUT2D eigenvalue weighted by atomic mass is 35.5. The molecule has 94 valence electrons. The molecule has 18 heavy (non-hydrogen) atoms. The van der Waals surface area contributed by atoms with Crippen LogP contribution in [0, 0.1) is 5.82 Å². The Labute approximate surface area is 110 Å². The van der Waals surface area contributed by atoms with E-state index >= 15 is 0 Å². The minimum Gasteiger partial charge on any atom is -0.384 e. The number of nitrogens with zero attached hydrogens (tertiary/aromatic N) is 1. The fourth-order valence-corrected chi connectivity index (χ4v) is 2.92. The van der Waals surface area contributed by atoms with Gasteiger partial charge in [-0.05, 0) is 43.9 Å². The van der Waals surface area contributed by atoms with E-state index in [0.29, 0.717) is 10.5 Å². The van der Waals surface area contributed by atoms with Gasteiger partial charge in [-0.3, -0.25) is 4.98 Å². The molecule has 3 rings (SSSR count). The number of rotatable bonds is 2. The van der Waals surface area contributed by atoms with Crippen molar-refractivity contribution in [3.05, 3.63) is 34.2 Å². The van der Waals surface area contributed by atoms with Crippen molar-refractivity contribution in [1.82, 2.24) is 4.98 Å². The molecule has 1 aliphatic rings. The largest absolute Gasteiger partial charge is 0.384 e. The third kappa shape index (κ3) is 1.74. The minimum atomic E-state index is -0.314. The van der Waals surface area contributed by atoms with Crippen LogP contribution in [0.25, 0.3) is 10.9 Å². The highest BCUT2D eigenvalue weighted by Gasteiger charge is 2.20. The van der Waals surface area contributed by atoms with Crippen molar-refractivity contribution in [1.29, 1.82) is 0 Å². The number of anilines is 1. The van der Waals surface area contributed by atoms with Crippen LogP contribution in [0.15, 0.2) is 12.1 Å². The summed E-state index contributed by atoms with van der Waals surface area (Å²) >= 11 is 6.11. The molecule has 1 heterocycles. The van der Waals surface area contributed by atoms with Crippen LogP contribution in [0.5, 0.6) is 0 Å². The summed E-state index contributed by atoms with van der Waals surface area (Å²) in [6, 6.07) is 2.85. The Morgan fingerprint density at radius 1 is 1.39 bits per heavy atom. The number of aryl methyl sites for hydroxylation is 1. The van der Waals surface area contributed by atoms with Crippen LogP contribution >= 0.6 is 11.6 Å². The predicted octanol–water partition coefficient (Wildman–Crippen LogP) is 3.95. The monoisotopic (exact) mass is 264 g/mol. The lowest BCUT2D eigenvalue weighted by Crippen LogP contribution is -2.04. The summed E-state index contributed by atoms with van der Waals surface area (Å²) in [6.07, 6.45) is 3.10. The molecule has 1 N–H and O–H groups in total. The van der Waals surface area contributed by atoms with Crippen LogP contribution in [-0.4, -0.2) is 11.5 Å². The minimum absolute atomic E-state index is 0.314. The smallest absolute Gasteiger partial charge is 0.125 e. The van der Waals surface area contributed by atoms with E-state index in [2.05, 4.69) is 10.3 Å². The van der Waals surface area contributed by atoms with Gasteiger partial charge in [-0.25, -0.2) is 4.39 Å². The molecule has 2 aromatic rings. The standard InChI is InChI=1S/C14H14ClFN2/c1-2-17-13-9-4-3-5-12(9)18-14-10(13)6-8(16)7-11(14)15/h6-7H,2-5H2,1H3,(H,17,18). The van der Waals surface area contributed by atoms with Gasteiger partial charge >= 0.3 is 0 Å². The van der Waals surface area contributed by atoms with E-state index in [9.17, 15) is 4.39 Å². The summed E-state index contributed by atoms with van der Waals surface area (Å²) in [7, 11) is 0. The Balaban J connectivity index is 2.38. The third-order valence-electron chi connectivity index (χ3n) is 3.39. The fraction of sp³-hybridized carbons (Fsp3) is 0.357. The van der Waals surface area contributed by atoms with Gasteiger partial charge in [-0.15, -0.1) is 0 Å². The molecule has 0 amide bonds. The molecule has 0 atom stereocenters. The van der Waals surface area contributed by atoms with Gasteiger partial charge < -0.3 is 5.32 Å². The Bertz CT molecular complexity index is 625. The number of pyridine rings is 1. The Morgan fingerprint density at radius 2 is 2.22 bits per heavy atom. The van der Waals surface area contributed by atoms with Crippen molar-refractivity contribution in [3.8, 4) is 0 Å². The Hall–Kier alpha value is -1.35. The normalized spacial score (nSPS) is 13.9. The number of hydrogen-bond donors (Lipinski definition) is 1. The maximum Gasteiger partial charge on any atom is 0.125 e. The molecule has 1 aromatic heterocycles. The zero-order chi connectivity index (χ0) is 12.7. The first kappa shape index (κ1) is 11.7. The number of fused-ring (bicyclic) bond motifs is 2. The van der Waals surface area contributed by atoms with E-state index in [1.54, 1.807) is 0 Å². The maximum absolute atomic E-state index is 13.5. The van der Waals surface area contributed by atoms with E-state index in [-0.39, 0.29) is 5.82 Å². The van der Waals surface area contributed by atoms with Gasteiger partial charge in [0, 0.05) is 23.3 Å². The van der Waals surface area contributed by atoms with Gasteiger partial charge in [0.05, 0.1) is 10.5 Å². The molecule has 0 bridgehead atoms. The number of halogens is 2. The van der Waals surface area contributed by atoms with Gasteiger partial charge in [0.15, 0.2) is 0 Å². The lowest BCUT2D eigenvalue weighted by atomic mass is 10.1. The molecule has 1 aliphatic carbocycles. The average Bonchev–Trinajstić information content (AvgIpc) is 2.78. The van der Waals surface area contributed by atoms with Crippen LogP contribution in [-0.2, 0) is 12.8 Å². The summed E-state index contributed by atoms with van der Waals surface area (Å²) in [4.78, 5) is 4.60. The van der Waals surface area contributed by atoms with Crippen molar-refractivity contribution in [2.24, 2.45) is 0 Å². The molecule has 0 radical (unpaired) electrons. The van der Waals surface area contributed by atoms with Crippen molar-refractivity contribution in [2.75, 3.05) is 11.9 Å². The predicted molar refractivity (Wildman–Crippen MR) is 72.9 cm³/mol. The lowest BCUT2D eigenvalue weighted by molar-refractivity contribution is 0.629.